The van der Waals surface area contributed by atoms with Gasteiger partial charge in [0, 0.05) is 0 Å². The van der Waals surface area contributed by atoms with Gasteiger partial charge in [0.2, 0.25) is 0 Å². The molecule has 1 fully saturated rings. The van der Waals surface area contributed by atoms with Crippen molar-refractivity contribution in [2.75, 3.05) is 11.8 Å². The van der Waals surface area contributed by atoms with Crippen molar-refractivity contribution in [2.24, 2.45) is 0 Å². The topological polar surface area (TPSA) is 72.5 Å². The highest BCUT2D eigenvalue weighted by Crippen LogP contribution is 2.40. The van der Waals surface area contributed by atoms with Crippen LogP contribution in [0.3, 0.4) is 0 Å². The van der Waals surface area contributed by atoms with Crippen molar-refractivity contribution in [1.29, 1.82) is 0 Å². The molecule has 0 heterocycles. The number of ether oxygens (including phenoxy) is 1. The van der Waals surface area contributed by atoms with Crippen molar-refractivity contribution >= 4 is 21.7 Å². The summed E-state index contributed by atoms with van der Waals surface area (Å²) in [5.41, 5.74) is 0.0486. The average molecular weight is 470 g/mol. The number of methoxy groups -OCH3 is 1. The molecule has 174 valence electrons. The third-order valence-corrected chi connectivity index (χ3v) is 7.28. The standard InChI is InChI=1S/C23H26F3NO4S/c1-3-15-9-10-17(22(28)31-2)13-21(15)32(29,30)27-20-14-18(23(24,25)26)11-12-19(20)16-7-5-4-6-8-16/h9-14,16,27H,3-8H2,1-2H3. The summed E-state index contributed by atoms with van der Waals surface area (Å²) in [6.07, 6.45) is 0.271. The van der Waals surface area contributed by atoms with Crippen LogP contribution in [-0.2, 0) is 27.4 Å². The van der Waals surface area contributed by atoms with E-state index in [0.29, 0.717) is 17.5 Å². The number of benzene rings is 2. The molecule has 1 aliphatic carbocycles. The zero-order chi connectivity index (χ0) is 23.5. The maximum absolute atomic E-state index is 13.4. The smallest absolute Gasteiger partial charge is 0.416 e. The fourth-order valence-corrected chi connectivity index (χ4v) is 5.55. The first kappa shape index (κ1) is 24.1. The van der Waals surface area contributed by atoms with E-state index in [2.05, 4.69) is 9.46 Å². The minimum Gasteiger partial charge on any atom is -0.465 e. The van der Waals surface area contributed by atoms with Gasteiger partial charge in [-0.15, -0.1) is 0 Å². The lowest BCUT2D eigenvalue weighted by molar-refractivity contribution is -0.137. The molecule has 1 saturated carbocycles. The number of rotatable bonds is 6. The molecular formula is C23H26F3NO4S. The number of aryl methyl sites for hydroxylation is 1. The second-order valence-corrected chi connectivity index (χ2v) is 9.56. The van der Waals surface area contributed by atoms with Crippen LogP contribution in [0.4, 0.5) is 18.9 Å². The van der Waals surface area contributed by atoms with Gasteiger partial charge >= 0.3 is 12.1 Å². The minimum atomic E-state index is -4.61. The molecule has 0 aromatic heterocycles. The fraction of sp³-hybridized carbons (Fsp3) is 0.435. The van der Waals surface area contributed by atoms with Gasteiger partial charge in [-0.25, -0.2) is 13.2 Å². The maximum Gasteiger partial charge on any atom is 0.416 e. The minimum absolute atomic E-state index is 0.0178. The summed E-state index contributed by atoms with van der Waals surface area (Å²) in [5.74, 6) is -0.721. The average Bonchev–Trinajstić information content (AvgIpc) is 2.77. The fourth-order valence-electron chi connectivity index (χ4n) is 4.13. The van der Waals surface area contributed by atoms with Crippen LogP contribution in [0.5, 0.6) is 0 Å². The molecule has 5 nitrogen and oxygen atoms in total. The Morgan fingerprint density at radius 2 is 1.78 bits per heavy atom. The molecule has 1 N–H and O–H groups in total. The molecule has 32 heavy (non-hydrogen) atoms. The summed E-state index contributed by atoms with van der Waals surface area (Å²) in [7, 11) is -3.09. The van der Waals surface area contributed by atoms with Crippen LogP contribution < -0.4 is 4.72 Å². The van der Waals surface area contributed by atoms with Gasteiger partial charge in [0.05, 0.1) is 28.8 Å². The van der Waals surface area contributed by atoms with Gasteiger partial charge < -0.3 is 4.74 Å². The number of carbonyl (C=O) groups is 1. The first-order valence-corrected chi connectivity index (χ1v) is 12.0. The van der Waals surface area contributed by atoms with Gasteiger partial charge in [-0.1, -0.05) is 38.3 Å². The Balaban J connectivity index is 2.08. The second kappa shape index (κ2) is 9.52. The highest BCUT2D eigenvalue weighted by atomic mass is 32.2. The zero-order valence-electron chi connectivity index (χ0n) is 18.0. The number of carbonyl (C=O) groups excluding carboxylic acids is 1. The monoisotopic (exact) mass is 469 g/mol. The molecule has 0 saturated heterocycles. The third-order valence-electron chi connectivity index (χ3n) is 5.83. The van der Waals surface area contributed by atoms with Crippen molar-refractivity contribution in [3.63, 3.8) is 0 Å². The van der Waals surface area contributed by atoms with Crippen LogP contribution in [0.2, 0.25) is 0 Å². The number of esters is 1. The number of sulfonamides is 1. The summed E-state index contributed by atoms with van der Waals surface area (Å²) < 4.78 is 73.8. The Labute approximate surface area is 186 Å². The number of alkyl halides is 3. The van der Waals surface area contributed by atoms with Crippen LogP contribution in [0.1, 0.15) is 72.0 Å². The molecule has 3 rings (SSSR count). The van der Waals surface area contributed by atoms with E-state index in [1.165, 1.54) is 31.4 Å². The quantitative estimate of drug-likeness (QED) is 0.535. The van der Waals surface area contributed by atoms with Gasteiger partial charge in [-0.05, 0) is 60.6 Å². The zero-order valence-corrected chi connectivity index (χ0v) is 18.8. The van der Waals surface area contributed by atoms with E-state index < -0.39 is 27.7 Å². The molecule has 0 unspecified atom stereocenters. The van der Waals surface area contributed by atoms with Crippen LogP contribution in [0.15, 0.2) is 41.3 Å². The van der Waals surface area contributed by atoms with Gasteiger partial charge in [0.25, 0.3) is 10.0 Å². The lowest BCUT2D eigenvalue weighted by Crippen LogP contribution is -2.19. The van der Waals surface area contributed by atoms with Crippen LogP contribution >= 0.6 is 0 Å². The van der Waals surface area contributed by atoms with Gasteiger partial charge in [-0.2, -0.15) is 13.2 Å². The summed E-state index contributed by atoms with van der Waals surface area (Å²) in [6, 6.07) is 7.40. The Kier molecular flexibility index (Phi) is 7.17. The molecule has 0 radical (unpaired) electrons. The number of nitrogens with one attached hydrogen (secondary N) is 1. The molecule has 0 bridgehead atoms. The number of hydrogen-bond acceptors (Lipinski definition) is 4. The second-order valence-electron chi connectivity index (χ2n) is 7.91. The summed E-state index contributed by atoms with van der Waals surface area (Å²) in [5, 5.41) is 0. The Bertz CT molecular complexity index is 1090. The van der Waals surface area contributed by atoms with Crippen LogP contribution in [-0.4, -0.2) is 21.5 Å². The van der Waals surface area contributed by atoms with E-state index in [1.807, 2.05) is 0 Å². The number of anilines is 1. The molecule has 0 atom stereocenters. The summed E-state index contributed by atoms with van der Waals surface area (Å²) in [6.45, 7) is 1.75. The Morgan fingerprint density at radius 1 is 1.09 bits per heavy atom. The van der Waals surface area contributed by atoms with E-state index in [0.717, 1.165) is 44.2 Å². The highest BCUT2D eigenvalue weighted by Gasteiger charge is 2.33. The Morgan fingerprint density at radius 3 is 2.38 bits per heavy atom. The molecule has 2 aromatic carbocycles. The largest absolute Gasteiger partial charge is 0.465 e. The van der Waals surface area contributed by atoms with Gasteiger partial charge in [-0.3, -0.25) is 4.72 Å². The van der Waals surface area contributed by atoms with E-state index in [4.69, 9.17) is 0 Å². The van der Waals surface area contributed by atoms with Crippen molar-refractivity contribution in [3.8, 4) is 0 Å². The summed E-state index contributed by atoms with van der Waals surface area (Å²) in [4.78, 5) is 11.7. The molecule has 1 aliphatic rings. The molecule has 0 spiro atoms. The maximum atomic E-state index is 13.4. The lowest BCUT2D eigenvalue weighted by Gasteiger charge is -2.25. The lowest BCUT2D eigenvalue weighted by atomic mass is 9.83. The number of halogens is 3. The molecule has 0 aliphatic heterocycles. The normalized spacial score (nSPS) is 15.4. The van der Waals surface area contributed by atoms with Crippen LogP contribution in [0, 0.1) is 0 Å². The van der Waals surface area contributed by atoms with Gasteiger partial charge in [0.15, 0.2) is 0 Å². The molecular weight excluding hydrogens is 443 g/mol. The van der Waals surface area contributed by atoms with E-state index in [1.54, 1.807) is 6.92 Å². The SMILES string of the molecule is CCc1ccc(C(=O)OC)cc1S(=O)(=O)Nc1cc(C(F)(F)F)ccc1C1CCCCC1. The van der Waals surface area contributed by atoms with Crippen molar-refractivity contribution in [2.45, 2.75) is 62.4 Å². The highest BCUT2D eigenvalue weighted by molar-refractivity contribution is 7.92. The molecule has 0 amide bonds. The summed E-state index contributed by atoms with van der Waals surface area (Å²) >= 11 is 0. The predicted molar refractivity (Wildman–Crippen MR) is 115 cm³/mol. The Hall–Kier alpha value is -2.55. The van der Waals surface area contributed by atoms with Gasteiger partial charge in [0.1, 0.15) is 0 Å². The van der Waals surface area contributed by atoms with E-state index >= 15 is 0 Å². The molecule has 9 heteroatoms. The first-order chi connectivity index (χ1) is 15.1. The predicted octanol–water partition coefficient (Wildman–Crippen LogP) is 5.90. The van der Waals surface area contributed by atoms with Crippen molar-refractivity contribution in [1.82, 2.24) is 0 Å². The number of hydrogen-bond donors (Lipinski definition) is 1. The third kappa shape index (κ3) is 5.26. The van der Waals surface area contributed by atoms with Crippen LogP contribution in [0.25, 0.3) is 0 Å². The van der Waals surface area contributed by atoms with Crippen molar-refractivity contribution in [3.05, 3.63) is 58.7 Å². The van der Waals surface area contributed by atoms with E-state index in [-0.39, 0.29) is 22.1 Å². The first-order valence-electron chi connectivity index (χ1n) is 10.5. The van der Waals surface area contributed by atoms with E-state index in [9.17, 15) is 26.4 Å². The van der Waals surface area contributed by atoms with Crippen molar-refractivity contribution < 1.29 is 31.1 Å². The molecule has 2 aromatic rings.